The highest BCUT2D eigenvalue weighted by molar-refractivity contribution is 6.06. The van der Waals surface area contributed by atoms with Gasteiger partial charge in [0.15, 0.2) is 5.76 Å². The Kier molecular flexibility index (Phi) is 4.61. The number of rotatable bonds is 5. The van der Waals surface area contributed by atoms with Crippen molar-refractivity contribution in [3.63, 3.8) is 0 Å². The molecule has 0 atom stereocenters. The van der Waals surface area contributed by atoms with Gasteiger partial charge in [-0.25, -0.2) is 9.97 Å². The van der Waals surface area contributed by atoms with Crippen molar-refractivity contribution < 1.29 is 13.9 Å². The number of ether oxygens (including phenoxy) is 1. The van der Waals surface area contributed by atoms with E-state index < -0.39 is 0 Å². The van der Waals surface area contributed by atoms with Gasteiger partial charge in [-0.05, 0) is 42.0 Å². The number of nitrogens with one attached hydrogen (secondary N) is 1. The molecule has 0 radical (unpaired) electrons. The van der Waals surface area contributed by atoms with E-state index in [1.165, 1.54) is 6.26 Å². The van der Waals surface area contributed by atoms with E-state index in [9.17, 15) is 4.79 Å². The first kappa shape index (κ1) is 16.5. The Labute approximate surface area is 155 Å². The fraction of sp³-hybridized carbons (Fsp3) is 0. The van der Waals surface area contributed by atoms with Crippen LogP contribution in [0.1, 0.15) is 10.6 Å². The van der Waals surface area contributed by atoms with Crippen LogP contribution in [0.15, 0.2) is 89.8 Å². The molecule has 1 N–H and O–H groups in total. The molecule has 132 valence electrons. The minimum absolute atomic E-state index is 0.261. The number of anilines is 1. The van der Waals surface area contributed by atoms with Crippen LogP contribution in [-0.2, 0) is 0 Å². The van der Waals surface area contributed by atoms with E-state index >= 15 is 0 Å². The van der Waals surface area contributed by atoms with Gasteiger partial charge in [-0.1, -0.05) is 30.3 Å². The van der Waals surface area contributed by atoms with Crippen LogP contribution in [0.25, 0.3) is 11.1 Å². The van der Waals surface area contributed by atoms with E-state index in [4.69, 9.17) is 9.15 Å². The predicted octanol–water partition coefficient (Wildman–Crippen LogP) is 4.78. The first-order valence-electron chi connectivity index (χ1n) is 8.29. The highest BCUT2D eigenvalue weighted by Gasteiger charge is 2.16. The minimum atomic E-state index is -0.320. The summed E-state index contributed by atoms with van der Waals surface area (Å²) in [4.78, 5) is 20.6. The summed E-state index contributed by atoms with van der Waals surface area (Å²) in [6, 6.07) is 20.3. The van der Waals surface area contributed by atoms with Gasteiger partial charge in [0.05, 0.1) is 6.26 Å². The molecule has 0 aliphatic heterocycles. The Morgan fingerprint density at radius 1 is 0.889 bits per heavy atom. The third-order valence-electron chi connectivity index (χ3n) is 3.82. The van der Waals surface area contributed by atoms with Crippen molar-refractivity contribution in [2.75, 3.05) is 5.32 Å². The van der Waals surface area contributed by atoms with Gasteiger partial charge in [0.2, 0.25) is 0 Å². The summed E-state index contributed by atoms with van der Waals surface area (Å²) in [5, 5.41) is 2.83. The molecular formula is C21H15N3O3. The number of furan rings is 1. The quantitative estimate of drug-likeness (QED) is 0.556. The molecule has 0 spiro atoms. The van der Waals surface area contributed by atoms with Gasteiger partial charge in [0.25, 0.3) is 5.91 Å². The van der Waals surface area contributed by atoms with Crippen LogP contribution in [0.4, 0.5) is 5.69 Å². The maximum atomic E-state index is 12.6. The number of amides is 1. The van der Waals surface area contributed by atoms with Gasteiger partial charge in [-0.15, -0.1) is 0 Å². The molecule has 2 aromatic carbocycles. The molecule has 0 fully saturated rings. The van der Waals surface area contributed by atoms with Gasteiger partial charge in [-0.3, -0.25) is 4.79 Å². The zero-order chi connectivity index (χ0) is 18.5. The maximum Gasteiger partial charge on any atom is 0.321 e. The van der Waals surface area contributed by atoms with Gasteiger partial charge in [0, 0.05) is 23.6 Å². The lowest BCUT2D eigenvalue weighted by atomic mass is 10.1. The predicted molar refractivity (Wildman–Crippen MR) is 101 cm³/mol. The fourth-order valence-corrected chi connectivity index (χ4v) is 2.57. The Morgan fingerprint density at radius 3 is 2.37 bits per heavy atom. The molecular weight excluding hydrogens is 342 g/mol. The van der Waals surface area contributed by atoms with E-state index in [2.05, 4.69) is 15.3 Å². The molecule has 0 aliphatic carbocycles. The highest BCUT2D eigenvalue weighted by Crippen LogP contribution is 2.26. The highest BCUT2D eigenvalue weighted by atomic mass is 16.5. The van der Waals surface area contributed by atoms with Crippen LogP contribution in [0.5, 0.6) is 11.8 Å². The number of carbonyl (C=O) groups excluding carboxylic acids is 1. The molecule has 6 heteroatoms. The smallest absolute Gasteiger partial charge is 0.321 e. The number of aromatic nitrogens is 2. The maximum absolute atomic E-state index is 12.6. The van der Waals surface area contributed by atoms with Crippen LogP contribution in [0.3, 0.4) is 0 Å². The first-order valence-corrected chi connectivity index (χ1v) is 8.29. The molecule has 2 aromatic heterocycles. The molecule has 4 rings (SSSR count). The van der Waals surface area contributed by atoms with Gasteiger partial charge in [0.1, 0.15) is 5.75 Å². The molecule has 27 heavy (non-hydrogen) atoms. The summed E-state index contributed by atoms with van der Waals surface area (Å²) in [6.07, 6.45) is 4.71. The minimum Gasteiger partial charge on any atom is -0.459 e. The zero-order valence-corrected chi connectivity index (χ0v) is 14.2. The van der Waals surface area contributed by atoms with Crippen molar-refractivity contribution in [1.29, 1.82) is 0 Å². The Morgan fingerprint density at radius 2 is 1.63 bits per heavy atom. The summed E-state index contributed by atoms with van der Waals surface area (Å²) in [6.45, 7) is 0. The summed E-state index contributed by atoms with van der Waals surface area (Å²) in [5.74, 6) is 0.514. The monoisotopic (exact) mass is 357 g/mol. The largest absolute Gasteiger partial charge is 0.459 e. The second kappa shape index (κ2) is 7.53. The molecule has 1 amide bonds. The molecule has 0 bridgehead atoms. The van der Waals surface area contributed by atoms with Gasteiger partial charge in [-0.2, -0.15) is 0 Å². The first-order chi connectivity index (χ1) is 13.3. The topological polar surface area (TPSA) is 77.2 Å². The summed E-state index contributed by atoms with van der Waals surface area (Å²) in [5.41, 5.74) is 2.29. The molecule has 2 heterocycles. The average molecular weight is 357 g/mol. The van der Waals surface area contributed by atoms with Crippen LogP contribution < -0.4 is 10.1 Å². The number of hydrogen-bond donors (Lipinski definition) is 1. The van der Waals surface area contributed by atoms with E-state index in [0.29, 0.717) is 11.4 Å². The van der Waals surface area contributed by atoms with Crippen molar-refractivity contribution in [3.8, 4) is 22.9 Å². The molecule has 0 saturated heterocycles. The Balaban J connectivity index is 1.47. The number of benzene rings is 2. The lowest BCUT2D eigenvalue weighted by molar-refractivity contribution is 0.0997. The van der Waals surface area contributed by atoms with E-state index in [1.54, 1.807) is 48.8 Å². The number of nitrogens with zero attached hydrogens (tertiary/aromatic N) is 2. The Hall–Kier alpha value is -3.93. The van der Waals surface area contributed by atoms with Gasteiger partial charge >= 0.3 is 6.01 Å². The zero-order valence-electron chi connectivity index (χ0n) is 14.2. The third-order valence-corrected chi connectivity index (χ3v) is 3.82. The van der Waals surface area contributed by atoms with Crippen molar-refractivity contribution in [2.24, 2.45) is 0 Å². The van der Waals surface area contributed by atoms with Crippen molar-refractivity contribution in [2.45, 2.75) is 0 Å². The van der Waals surface area contributed by atoms with E-state index in [1.807, 2.05) is 30.3 Å². The van der Waals surface area contributed by atoms with Crippen molar-refractivity contribution >= 4 is 11.6 Å². The fourth-order valence-electron chi connectivity index (χ4n) is 2.57. The standard InChI is InChI=1S/C21H15N3O3/c25-20(19-18(11-14-26-19)15-5-2-1-3-6-15)24-16-7-9-17(10-8-16)27-21-22-12-4-13-23-21/h1-14H,(H,24,25). The lowest BCUT2D eigenvalue weighted by Gasteiger charge is -2.07. The van der Waals surface area contributed by atoms with Crippen molar-refractivity contribution in [3.05, 3.63) is 91.1 Å². The molecule has 6 nitrogen and oxygen atoms in total. The summed E-state index contributed by atoms with van der Waals surface area (Å²) in [7, 11) is 0. The summed E-state index contributed by atoms with van der Waals surface area (Å²) < 4.78 is 10.9. The van der Waals surface area contributed by atoms with Crippen LogP contribution in [0.2, 0.25) is 0 Å². The molecule has 0 saturated carbocycles. The third kappa shape index (κ3) is 3.85. The molecule has 4 aromatic rings. The SMILES string of the molecule is O=C(Nc1ccc(Oc2ncccn2)cc1)c1occc1-c1ccccc1. The van der Waals surface area contributed by atoms with E-state index in [-0.39, 0.29) is 17.7 Å². The lowest BCUT2D eigenvalue weighted by Crippen LogP contribution is -2.11. The number of carbonyl (C=O) groups is 1. The normalized spacial score (nSPS) is 10.4. The summed E-state index contributed by atoms with van der Waals surface area (Å²) >= 11 is 0. The molecule has 0 aliphatic rings. The second-order valence-electron chi connectivity index (χ2n) is 5.64. The van der Waals surface area contributed by atoms with Crippen molar-refractivity contribution in [1.82, 2.24) is 9.97 Å². The van der Waals surface area contributed by atoms with Crippen LogP contribution in [0, 0.1) is 0 Å². The van der Waals surface area contributed by atoms with Gasteiger partial charge < -0.3 is 14.5 Å². The number of hydrogen-bond acceptors (Lipinski definition) is 5. The second-order valence-corrected chi connectivity index (χ2v) is 5.64. The van der Waals surface area contributed by atoms with Crippen LogP contribution in [-0.4, -0.2) is 15.9 Å². The average Bonchev–Trinajstić information content (AvgIpc) is 3.21. The van der Waals surface area contributed by atoms with E-state index in [0.717, 1.165) is 11.1 Å². The van der Waals surface area contributed by atoms with Crippen LogP contribution >= 0.6 is 0 Å². The Bertz CT molecular complexity index is 1030. The molecule has 0 unspecified atom stereocenters.